The fourth-order valence-corrected chi connectivity index (χ4v) is 0.994. The molecule has 0 rings (SSSR count). The van der Waals surface area contributed by atoms with Crippen molar-refractivity contribution in [3.8, 4) is 0 Å². The molecule has 0 spiro atoms. The van der Waals surface area contributed by atoms with Gasteiger partial charge in [-0.2, -0.15) is 0 Å². The fraction of sp³-hybridized carbons (Fsp3) is 0.700. The van der Waals surface area contributed by atoms with Gasteiger partial charge in [-0.1, -0.05) is 39.2 Å². The minimum absolute atomic E-state index is 1.08. The quantitative estimate of drug-likeness (QED) is 0.556. The van der Waals surface area contributed by atoms with E-state index >= 15 is 0 Å². The van der Waals surface area contributed by atoms with Crippen LogP contribution < -0.4 is 5.32 Å². The van der Waals surface area contributed by atoms with Crippen molar-refractivity contribution in [1.29, 1.82) is 0 Å². The molecule has 0 aromatic heterocycles. The number of hydrogen-bond donors (Lipinski definition) is 1. The number of nitrogens with one attached hydrogen (secondary N) is 1. The largest absolute Gasteiger partial charge is 0.392 e. The van der Waals surface area contributed by atoms with Crippen molar-refractivity contribution in [2.24, 2.45) is 0 Å². The average molecular weight is 154 g/mol. The summed E-state index contributed by atoms with van der Waals surface area (Å²) in [7, 11) is 1.93. The summed E-state index contributed by atoms with van der Waals surface area (Å²) < 4.78 is 0. The molecule has 1 radical (unpaired) electrons. The first-order chi connectivity index (χ1) is 5.31. The van der Waals surface area contributed by atoms with Crippen molar-refractivity contribution in [2.75, 3.05) is 7.05 Å². The fourth-order valence-electron chi connectivity index (χ4n) is 0.994. The zero-order valence-electron chi connectivity index (χ0n) is 7.66. The molecule has 0 aliphatic heterocycles. The molecule has 0 bridgehead atoms. The molecule has 0 aromatic carbocycles. The molecule has 0 aliphatic carbocycles. The summed E-state index contributed by atoms with van der Waals surface area (Å²) in [4.78, 5) is 0. The van der Waals surface area contributed by atoms with Crippen LogP contribution in [0.3, 0.4) is 0 Å². The summed E-state index contributed by atoms with van der Waals surface area (Å²) in [5.41, 5.74) is 1.15. The Morgan fingerprint density at radius 2 is 1.82 bits per heavy atom. The molecule has 0 heterocycles. The van der Waals surface area contributed by atoms with E-state index in [-0.39, 0.29) is 0 Å². The summed E-state index contributed by atoms with van der Waals surface area (Å²) in [6.45, 7) is 7.67. The Balaban J connectivity index is 2.95. The van der Waals surface area contributed by atoms with Crippen LogP contribution in [0.4, 0.5) is 0 Å². The summed E-state index contributed by atoms with van der Waals surface area (Å²) >= 11 is 0. The van der Waals surface area contributed by atoms with Crippen molar-refractivity contribution in [1.82, 2.24) is 5.32 Å². The highest BCUT2D eigenvalue weighted by Crippen LogP contribution is 2.07. The zero-order chi connectivity index (χ0) is 8.53. The van der Waals surface area contributed by atoms with Gasteiger partial charge in [-0.3, -0.25) is 0 Å². The van der Waals surface area contributed by atoms with Crippen LogP contribution in [0.5, 0.6) is 0 Å². The van der Waals surface area contributed by atoms with Gasteiger partial charge in [0.1, 0.15) is 0 Å². The van der Waals surface area contributed by atoms with E-state index in [4.69, 9.17) is 0 Å². The van der Waals surface area contributed by atoms with Crippen LogP contribution in [-0.2, 0) is 0 Å². The van der Waals surface area contributed by atoms with Gasteiger partial charge < -0.3 is 5.32 Å². The molecular formula is C10H20N. The van der Waals surface area contributed by atoms with Gasteiger partial charge in [0.05, 0.1) is 0 Å². The molecule has 0 atom stereocenters. The Hall–Kier alpha value is -0.460. The van der Waals surface area contributed by atoms with E-state index < -0.39 is 0 Å². The molecule has 65 valence electrons. The number of hydrogen-bond acceptors (Lipinski definition) is 1. The molecule has 1 heteroatoms. The first-order valence-corrected chi connectivity index (χ1v) is 4.46. The monoisotopic (exact) mass is 154 g/mol. The van der Waals surface area contributed by atoms with Gasteiger partial charge >= 0.3 is 0 Å². The van der Waals surface area contributed by atoms with Crippen LogP contribution in [0.15, 0.2) is 12.3 Å². The second kappa shape index (κ2) is 7.64. The molecule has 0 amide bonds. The molecule has 1 N–H and O–H groups in total. The number of allylic oxidation sites excluding steroid dienone is 1. The van der Waals surface area contributed by atoms with Gasteiger partial charge in [-0.25, -0.2) is 0 Å². The van der Waals surface area contributed by atoms with Crippen LogP contribution in [0, 0.1) is 6.92 Å². The second-order valence-electron chi connectivity index (χ2n) is 2.87. The van der Waals surface area contributed by atoms with Crippen LogP contribution in [-0.4, -0.2) is 7.05 Å². The molecule has 0 aromatic rings. The third-order valence-corrected chi connectivity index (χ3v) is 1.83. The highest BCUT2D eigenvalue weighted by Gasteiger charge is 1.90. The Morgan fingerprint density at radius 1 is 1.18 bits per heavy atom. The average Bonchev–Trinajstić information content (AvgIpc) is 2.04. The van der Waals surface area contributed by atoms with E-state index in [1.807, 2.05) is 7.05 Å². The van der Waals surface area contributed by atoms with Crippen molar-refractivity contribution in [2.45, 2.75) is 38.5 Å². The molecule has 0 fully saturated rings. The molecule has 1 nitrogen and oxygen atoms in total. The maximum atomic E-state index is 3.87. The van der Waals surface area contributed by atoms with E-state index in [0.717, 1.165) is 18.5 Å². The van der Waals surface area contributed by atoms with Crippen LogP contribution in [0.2, 0.25) is 0 Å². The maximum absolute atomic E-state index is 3.87. The summed E-state index contributed by atoms with van der Waals surface area (Å²) in [5.74, 6) is 0. The van der Waals surface area contributed by atoms with Crippen molar-refractivity contribution in [3.63, 3.8) is 0 Å². The van der Waals surface area contributed by atoms with Crippen molar-refractivity contribution >= 4 is 0 Å². The van der Waals surface area contributed by atoms with E-state index in [1.54, 1.807) is 0 Å². The van der Waals surface area contributed by atoms with Crippen molar-refractivity contribution < 1.29 is 0 Å². The standard InChI is InChI=1S/C10H20N/c1-4-5-6-7-8-9-10(2)11-3/h11H,1-2,4-9H2,3H3. The lowest BCUT2D eigenvalue weighted by molar-refractivity contribution is 0.633. The Morgan fingerprint density at radius 3 is 2.36 bits per heavy atom. The summed E-state index contributed by atoms with van der Waals surface area (Å²) in [5, 5.41) is 3.05. The Bertz CT molecular complexity index is 97.0. The van der Waals surface area contributed by atoms with Crippen molar-refractivity contribution in [3.05, 3.63) is 19.2 Å². The van der Waals surface area contributed by atoms with Crippen LogP contribution >= 0.6 is 0 Å². The SMILES string of the molecule is [CH2]CCCCCCC(=C)NC. The number of rotatable bonds is 7. The van der Waals surface area contributed by atoms with Gasteiger partial charge in [-0.05, 0) is 12.8 Å². The maximum Gasteiger partial charge on any atom is 0.00310 e. The summed E-state index contributed by atoms with van der Waals surface area (Å²) in [6, 6.07) is 0. The third kappa shape index (κ3) is 7.44. The normalized spacial score (nSPS) is 9.64. The predicted octanol–water partition coefficient (Wildman–Crippen LogP) is 2.89. The second-order valence-corrected chi connectivity index (χ2v) is 2.87. The van der Waals surface area contributed by atoms with E-state index in [1.165, 1.54) is 25.7 Å². The summed E-state index contributed by atoms with van der Waals surface area (Å²) in [6.07, 6.45) is 7.36. The third-order valence-electron chi connectivity index (χ3n) is 1.83. The highest BCUT2D eigenvalue weighted by molar-refractivity contribution is 4.88. The smallest absolute Gasteiger partial charge is 0.00310 e. The van der Waals surface area contributed by atoms with Gasteiger partial charge in [-0.15, -0.1) is 0 Å². The first-order valence-electron chi connectivity index (χ1n) is 4.46. The van der Waals surface area contributed by atoms with Gasteiger partial charge in [0.15, 0.2) is 0 Å². The molecule has 11 heavy (non-hydrogen) atoms. The Labute approximate surface area is 70.9 Å². The minimum Gasteiger partial charge on any atom is -0.392 e. The lowest BCUT2D eigenvalue weighted by atomic mass is 10.1. The molecule has 0 saturated carbocycles. The van der Waals surface area contributed by atoms with Crippen LogP contribution in [0.1, 0.15) is 38.5 Å². The predicted molar refractivity (Wildman–Crippen MR) is 51.3 cm³/mol. The molecule has 0 saturated heterocycles. The van der Waals surface area contributed by atoms with E-state index in [9.17, 15) is 0 Å². The lowest BCUT2D eigenvalue weighted by Gasteiger charge is -2.03. The highest BCUT2D eigenvalue weighted by atomic mass is 14.8. The van der Waals surface area contributed by atoms with Crippen LogP contribution in [0.25, 0.3) is 0 Å². The van der Waals surface area contributed by atoms with Gasteiger partial charge in [0, 0.05) is 12.7 Å². The van der Waals surface area contributed by atoms with E-state index in [0.29, 0.717) is 0 Å². The molecule has 0 aliphatic rings. The van der Waals surface area contributed by atoms with Gasteiger partial charge in [0.25, 0.3) is 0 Å². The molecule has 0 unspecified atom stereocenters. The minimum atomic E-state index is 1.08. The molecular weight excluding hydrogens is 134 g/mol. The Kier molecular flexibility index (Phi) is 7.33. The zero-order valence-corrected chi connectivity index (χ0v) is 7.66. The first kappa shape index (κ1) is 10.5. The van der Waals surface area contributed by atoms with E-state index in [2.05, 4.69) is 18.8 Å². The van der Waals surface area contributed by atoms with Gasteiger partial charge in [0.2, 0.25) is 0 Å². The lowest BCUT2D eigenvalue weighted by Crippen LogP contribution is -2.03. The topological polar surface area (TPSA) is 12.0 Å². The number of unbranched alkanes of at least 4 members (excludes halogenated alkanes) is 4.